The van der Waals surface area contributed by atoms with Gasteiger partial charge in [-0.1, -0.05) is 33.6 Å². The molecule has 0 amide bonds. The Morgan fingerprint density at radius 1 is 1.20 bits per heavy atom. The van der Waals surface area contributed by atoms with Crippen molar-refractivity contribution in [1.29, 1.82) is 0 Å². The molecule has 1 atom stereocenters. The molecule has 0 bridgehead atoms. The SMILES string of the molecule is CCOc1ccc(NC(C)c2ccc(Br)cc2Cl)cc1. The molecule has 0 radical (unpaired) electrons. The minimum Gasteiger partial charge on any atom is -0.494 e. The maximum Gasteiger partial charge on any atom is 0.119 e. The van der Waals surface area contributed by atoms with E-state index in [2.05, 4.69) is 28.2 Å². The largest absolute Gasteiger partial charge is 0.494 e. The Balaban J connectivity index is 2.08. The first-order valence-electron chi connectivity index (χ1n) is 6.54. The predicted molar refractivity (Wildman–Crippen MR) is 88.8 cm³/mol. The highest BCUT2D eigenvalue weighted by Crippen LogP contribution is 2.29. The molecule has 0 aliphatic carbocycles. The van der Waals surface area contributed by atoms with E-state index in [0.717, 1.165) is 26.5 Å². The van der Waals surface area contributed by atoms with Gasteiger partial charge < -0.3 is 10.1 Å². The quantitative estimate of drug-likeness (QED) is 0.746. The number of halogens is 2. The summed E-state index contributed by atoms with van der Waals surface area (Å²) in [5.41, 5.74) is 2.11. The summed E-state index contributed by atoms with van der Waals surface area (Å²) in [7, 11) is 0. The van der Waals surface area contributed by atoms with Crippen molar-refractivity contribution in [3.63, 3.8) is 0 Å². The maximum absolute atomic E-state index is 6.27. The summed E-state index contributed by atoms with van der Waals surface area (Å²) in [6, 6.07) is 14.0. The molecule has 0 aliphatic heterocycles. The van der Waals surface area contributed by atoms with Gasteiger partial charge in [-0.25, -0.2) is 0 Å². The minimum absolute atomic E-state index is 0.133. The Morgan fingerprint density at radius 3 is 2.50 bits per heavy atom. The summed E-state index contributed by atoms with van der Waals surface area (Å²) in [4.78, 5) is 0. The van der Waals surface area contributed by atoms with Gasteiger partial charge in [0.2, 0.25) is 0 Å². The van der Waals surface area contributed by atoms with E-state index < -0.39 is 0 Å². The molecule has 0 saturated heterocycles. The lowest BCUT2D eigenvalue weighted by molar-refractivity contribution is 0.340. The summed E-state index contributed by atoms with van der Waals surface area (Å²) >= 11 is 9.68. The zero-order valence-electron chi connectivity index (χ0n) is 11.5. The molecule has 0 saturated carbocycles. The average molecular weight is 355 g/mol. The maximum atomic E-state index is 6.27. The first-order valence-corrected chi connectivity index (χ1v) is 7.71. The van der Waals surface area contributed by atoms with Crippen LogP contribution in [-0.2, 0) is 0 Å². The molecule has 0 heterocycles. The molecule has 20 heavy (non-hydrogen) atoms. The van der Waals surface area contributed by atoms with Gasteiger partial charge in [-0.15, -0.1) is 0 Å². The molecule has 0 aliphatic rings. The third-order valence-electron chi connectivity index (χ3n) is 2.98. The van der Waals surface area contributed by atoms with Crippen LogP contribution < -0.4 is 10.1 Å². The van der Waals surface area contributed by atoms with E-state index in [9.17, 15) is 0 Å². The lowest BCUT2D eigenvalue weighted by Gasteiger charge is -2.17. The van der Waals surface area contributed by atoms with Crippen LogP contribution in [0.4, 0.5) is 5.69 Å². The number of hydrogen-bond acceptors (Lipinski definition) is 2. The molecule has 0 fully saturated rings. The summed E-state index contributed by atoms with van der Waals surface area (Å²) in [5, 5.41) is 4.19. The number of nitrogens with one attached hydrogen (secondary N) is 1. The average Bonchev–Trinajstić information content (AvgIpc) is 2.41. The zero-order valence-corrected chi connectivity index (χ0v) is 13.8. The molecular weight excluding hydrogens is 338 g/mol. The number of hydrogen-bond donors (Lipinski definition) is 1. The summed E-state index contributed by atoms with van der Waals surface area (Å²) in [6.45, 7) is 4.74. The number of anilines is 1. The molecule has 2 nitrogen and oxygen atoms in total. The molecule has 2 rings (SSSR count). The molecular formula is C16H17BrClNO. The van der Waals surface area contributed by atoms with E-state index in [1.807, 2.05) is 49.4 Å². The lowest BCUT2D eigenvalue weighted by Crippen LogP contribution is -2.07. The van der Waals surface area contributed by atoms with Crippen molar-refractivity contribution < 1.29 is 4.74 Å². The predicted octanol–water partition coefficient (Wildman–Crippen LogP) is 5.67. The standard InChI is InChI=1S/C16H17BrClNO/c1-3-20-14-7-5-13(6-8-14)19-11(2)15-9-4-12(17)10-16(15)18/h4-11,19H,3H2,1-2H3. The fraction of sp³-hybridized carbons (Fsp3) is 0.250. The Morgan fingerprint density at radius 2 is 1.90 bits per heavy atom. The number of rotatable bonds is 5. The third kappa shape index (κ3) is 3.90. The fourth-order valence-corrected chi connectivity index (χ4v) is 2.83. The highest BCUT2D eigenvalue weighted by atomic mass is 79.9. The lowest BCUT2D eigenvalue weighted by atomic mass is 10.1. The molecule has 2 aromatic carbocycles. The summed E-state index contributed by atoms with van der Waals surface area (Å²) in [5.74, 6) is 0.882. The van der Waals surface area contributed by atoms with Crippen molar-refractivity contribution >= 4 is 33.2 Å². The first-order chi connectivity index (χ1) is 9.60. The van der Waals surface area contributed by atoms with Crippen molar-refractivity contribution in [1.82, 2.24) is 0 Å². The van der Waals surface area contributed by atoms with Crippen LogP contribution in [-0.4, -0.2) is 6.61 Å². The highest BCUT2D eigenvalue weighted by Gasteiger charge is 2.09. The van der Waals surface area contributed by atoms with E-state index >= 15 is 0 Å². The second-order valence-electron chi connectivity index (χ2n) is 4.49. The van der Waals surface area contributed by atoms with Gasteiger partial charge in [0.15, 0.2) is 0 Å². The van der Waals surface area contributed by atoms with Crippen LogP contribution in [0.1, 0.15) is 25.5 Å². The van der Waals surface area contributed by atoms with E-state index in [1.54, 1.807) is 0 Å². The second kappa shape index (κ2) is 7.00. The first kappa shape index (κ1) is 15.2. The topological polar surface area (TPSA) is 21.3 Å². The molecule has 4 heteroatoms. The van der Waals surface area contributed by atoms with Crippen molar-refractivity contribution in [3.8, 4) is 5.75 Å². The highest BCUT2D eigenvalue weighted by molar-refractivity contribution is 9.10. The van der Waals surface area contributed by atoms with E-state index in [0.29, 0.717) is 6.61 Å². The van der Waals surface area contributed by atoms with Crippen LogP contribution in [0.25, 0.3) is 0 Å². The van der Waals surface area contributed by atoms with Crippen molar-refractivity contribution in [2.45, 2.75) is 19.9 Å². The molecule has 0 spiro atoms. The van der Waals surface area contributed by atoms with Crippen LogP contribution >= 0.6 is 27.5 Å². The molecule has 0 aromatic heterocycles. The van der Waals surface area contributed by atoms with Gasteiger partial charge in [0, 0.05) is 21.2 Å². The van der Waals surface area contributed by atoms with Gasteiger partial charge in [0.05, 0.1) is 6.61 Å². The van der Waals surface area contributed by atoms with Crippen LogP contribution in [0.15, 0.2) is 46.9 Å². The van der Waals surface area contributed by atoms with Crippen LogP contribution in [0, 0.1) is 0 Å². The molecule has 1 N–H and O–H groups in total. The van der Waals surface area contributed by atoms with Gasteiger partial charge >= 0.3 is 0 Å². The minimum atomic E-state index is 0.133. The fourth-order valence-electron chi connectivity index (χ4n) is 1.99. The Hall–Kier alpha value is -1.19. The van der Waals surface area contributed by atoms with Gasteiger partial charge in [0.25, 0.3) is 0 Å². The molecule has 2 aromatic rings. The second-order valence-corrected chi connectivity index (χ2v) is 5.81. The van der Waals surface area contributed by atoms with Crippen molar-refractivity contribution in [2.75, 3.05) is 11.9 Å². The van der Waals surface area contributed by atoms with Gasteiger partial charge in [-0.2, -0.15) is 0 Å². The van der Waals surface area contributed by atoms with Crippen LogP contribution in [0.3, 0.4) is 0 Å². The van der Waals surface area contributed by atoms with E-state index in [-0.39, 0.29) is 6.04 Å². The van der Waals surface area contributed by atoms with Crippen molar-refractivity contribution in [2.24, 2.45) is 0 Å². The summed E-state index contributed by atoms with van der Waals surface area (Å²) < 4.78 is 6.41. The Kier molecular flexibility index (Phi) is 5.32. The number of ether oxygens (including phenoxy) is 1. The molecule has 106 valence electrons. The van der Waals surface area contributed by atoms with E-state index in [4.69, 9.17) is 16.3 Å². The van der Waals surface area contributed by atoms with Crippen LogP contribution in [0.2, 0.25) is 5.02 Å². The van der Waals surface area contributed by atoms with Gasteiger partial charge in [-0.05, 0) is 55.8 Å². The monoisotopic (exact) mass is 353 g/mol. The smallest absolute Gasteiger partial charge is 0.119 e. The van der Waals surface area contributed by atoms with E-state index in [1.165, 1.54) is 0 Å². The molecule has 1 unspecified atom stereocenters. The van der Waals surface area contributed by atoms with Crippen molar-refractivity contribution in [3.05, 3.63) is 57.5 Å². The van der Waals surface area contributed by atoms with Gasteiger partial charge in [-0.3, -0.25) is 0 Å². The normalized spacial score (nSPS) is 12.0. The van der Waals surface area contributed by atoms with Gasteiger partial charge in [0.1, 0.15) is 5.75 Å². The summed E-state index contributed by atoms with van der Waals surface area (Å²) in [6.07, 6.45) is 0. The van der Waals surface area contributed by atoms with Crippen LogP contribution in [0.5, 0.6) is 5.75 Å². The third-order valence-corrected chi connectivity index (χ3v) is 3.80. The number of benzene rings is 2. The Bertz CT molecular complexity index is 571. The Labute approximate surface area is 133 Å². The zero-order chi connectivity index (χ0) is 14.5.